The van der Waals surface area contributed by atoms with Crippen molar-refractivity contribution in [1.82, 2.24) is 15.6 Å². The van der Waals surface area contributed by atoms with Crippen molar-refractivity contribution in [1.29, 1.82) is 0 Å². The van der Waals surface area contributed by atoms with Gasteiger partial charge in [-0.2, -0.15) is 26.3 Å². The predicted octanol–water partition coefficient (Wildman–Crippen LogP) is 3.87. The minimum atomic E-state index is -4.56. The number of hydrogen-bond acceptors (Lipinski definition) is 3. The summed E-state index contributed by atoms with van der Waals surface area (Å²) in [6.45, 7) is -0.279. The fraction of sp³-hybridized carbons (Fsp3) is 0.538. The number of alkyl halides is 6. The second kappa shape index (κ2) is 10.8. The Morgan fingerprint density at radius 1 is 1.19 bits per heavy atom. The Labute approximate surface area is 167 Å². The van der Waals surface area contributed by atoms with E-state index in [1.54, 1.807) is 0 Å². The second-order valence-electron chi connectivity index (χ2n) is 4.65. The maximum Gasteiger partial charge on any atom is 0.417 e. The summed E-state index contributed by atoms with van der Waals surface area (Å²) in [5.41, 5.74) is -1.00. The average Bonchev–Trinajstić information content (AvgIpc) is 2.48. The molecule has 1 rings (SSSR count). The summed E-state index contributed by atoms with van der Waals surface area (Å²) in [4.78, 5) is 7.20. The number of halogens is 8. The number of guanidine groups is 1. The number of aromatic nitrogens is 1. The molecule has 0 bridgehead atoms. The van der Waals surface area contributed by atoms with Gasteiger partial charge in [-0.3, -0.25) is 4.99 Å². The van der Waals surface area contributed by atoms with Crippen LogP contribution < -0.4 is 15.4 Å². The third-order valence-electron chi connectivity index (χ3n) is 2.69. The summed E-state index contributed by atoms with van der Waals surface area (Å²) < 4.78 is 78.6. The van der Waals surface area contributed by atoms with Gasteiger partial charge in [0.25, 0.3) is 0 Å². The Bertz CT molecular complexity index is 597. The van der Waals surface area contributed by atoms with Crippen molar-refractivity contribution in [2.45, 2.75) is 18.8 Å². The third kappa shape index (κ3) is 9.50. The number of ether oxygens (including phenoxy) is 1. The van der Waals surface area contributed by atoms with Crippen molar-refractivity contribution >= 4 is 41.5 Å². The van der Waals surface area contributed by atoms with Gasteiger partial charge in [-0.1, -0.05) is 11.6 Å². The molecular formula is C13H16ClF6IN4O. The van der Waals surface area contributed by atoms with Gasteiger partial charge in [-0.15, -0.1) is 24.0 Å². The maximum atomic E-state index is 12.5. The number of nitrogens with one attached hydrogen (secondary N) is 2. The molecule has 0 amide bonds. The van der Waals surface area contributed by atoms with Crippen LogP contribution in [0.3, 0.4) is 0 Å². The lowest BCUT2D eigenvalue weighted by Crippen LogP contribution is -2.40. The van der Waals surface area contributed by atoms with E-state index in [1.165, 1.54) is 7.05 Å². The summed E-state index contributed by atoms with van der Waals surface area (Å²) in [6.07, 6.45) is -9.27. The Kier molecular flexibility index (Phi) is 10.4. The van der Waals surface area contributed by atoms with Gasteiger partial charge in [0.15, 0.2) is 5.96 Å². The van der Waals surface area contributed by atoms with Gasteiger partial charge in [0.1, 0.15) is 11.6 Å². The maximum absolute atomic E-state index is 12.5. The van der Waals surface area contributed by atoms with Crippen molar-refractivity contribution in [3.63, 3.8) is 0 Å². The topological polar surface area (TPSA) is 58.5 Å². The molecule has 26 heavy (non-hydrogen) atoms. The third-order valence-corrected chi connectivity index (χ3v) is 2.96. The standard InChI is InChI=1S/C13H15ClF6N4O.HI/c1-21-11(22-3-2-12(15,16)17)23-4-5-25-10-9(14)6-8(7-24-10)13(18,19)20;/h6-7H,2-5H2,1H3,(H2,21,22,23);1H. The van der Waals surface area contributed by atoms with Gasteiger partial charge in [-0.05, 0) is 6.07 Å². The lowest BCUT2D eigenvalue weighted by atomic mass is 10.3. The molecule has 1 aromatic heterocycles. The Morgan fingerprint density at radius 3 is 2.31 bits per heavy atom. The second-order valence-corrected chi connectivity index (χ2v) is 5.06. The summed E-state index contributed by atoms with van der Waals surface area (Å²) in [5.74, 6) is -0.0594. The van der Waals surface area contributed by atoms with Gasteiger partial charge in [0.05, 0.1) is 18.5 Å². The molecule has 0 unspecified atom stereocenters. The fourth-order valence-electron chi connectivity index (χ4n) is 1.55. The van der Waals surface area contributed by atoms with Gasteiger partial charge in [0, 0.05) is 19.8 Å². The zero-order chi connectivity index (χ0) is 19.1. The minimum Gasteiger partial charge on any atom is -0.475 e. The van der Waals surface area contributed by atoms with Crippen molar-refractivity contribution < 1.29 is 31.1 Å². The zero-order valence-corrected chi connectivity index (χ0v) is 16.4. The summed E-state index contributed by atoms with van der Waals surface area (Å²) in [5, 5.41) is 4.83. The summed E-state index contributed by atoms with van der Waals surface area (Å²) >= 11 is 5.66. The van der Waals surface area contributed by atoms with Crippen LogP contribution in [0.4, 0.5) is 26.3 Å². The molecule has 0 aliphatic heterocycles. The summed E-state index contributed by atoms with van der Waals surface area (Å²) in [7, 11) is 1.37. The highest BCUT2D eigenvalue weighted by atomic mass is 127. The Hall–Kier alpha value is -1.18. The predicted molar refractivity (Wildman–Crippen MR) is 95.2 cm³/mol. The van der Waals surface area contributed by atoms with E-state index in [-0.39, 0.29) is 60.5 Å². The van der Waals surface area contributed by atoms with E-state index < -0.39 is 24.3 Å². The molecule has 0 atom stereocenters. The number of pyridine rings is 1. The van der Waals surface area contributed by atoms with Gasteiger partial charge in [0.2, 0.25) is 5.88 Å². The van der Waals surface area contributed by atoms with Crippen molar-refractivity contribution in [3.8, 4) is 5.88 Å². The van der Waals surface area contributed by atoms with Crippen LogP contribution in [0.25, 0.3) is 0 Å². The van der Waals surface area contributed by atoms with E-state index in [0.717, 1.165) is 0 Å². The van der Waals surface area contributed by atoms with E-state index >= 15 is 0 Å². The molecule has 0 radical (unpaired) electrons. The van der Waals surface area contributed by atoms with E-state index in [2.05, 4.69) is 20.6 Å². The summed E-state index contributed by atoms with van der Waals surface area (Å²) in [6, 6.07) is 0.689. The van der Waals surface area contributed by atoms with Gasteiger partial charge in [-0.25, -0.2) is 4.98 Å². The van der Waals surface area contributed by atoms with Crippen LogP contribution in [0.5, 0.6) is 5.88 Å². The monoisotopic (exact) mass is 520 g/mol. The Balaban J connectivity index is 0.00000625. The number of rotatable bonds is 6. The van der Waals surface area contributed by atoms with E-state index in [9.17, 15) is 26.3 Å². The molecule has 0 fully saturated rings. The largest absolute Gasteiger partial charge is 0.475 e. The van der Waals surface area contributed by atoms with Crippen LogP contribution in [0.1, 0.15) is 12.0 Å². The number of aliphatic imine (C=N–C) groups is 1. The van der Waals surface area contributed by atoms with Crippen LogP contribution in [0.2, 0.25) is 5.02 Å². The lowest BCUT2D eigenvalue weighted by Gasteiger charge is -2.14. The Morgan fingerprint density at radius 2 is 1.81 bits per heavy atom. The fourth-order valence-corrected chi connectivity index (χ4v) is 1.77. The molecule has 2 N–H and O–H groups in total. The minimum absolute atomic E-state index is 0. The SMILES string of the molecule is CN=C(NCCOc1ncc(C(F)(F)F)cc1Cl)NCCC(F)(F)F.I. The first kappa shape index (κ1) is 24.8. The van der Waals surface area contributed by atoms with Crippen LogP contribution in [0.15, 0.2) is 17.3 Å². The molecule has 0 aliphatic carbocycles. The number of nitrogens with zero attached hydrogens (tertiary/aromatic N) is 2. The molecule has 0 aliphatic rings. The van der Waals surface area contributed by atoms with Crippen molar-refractivity contribution in [3.05, 3.63) is 22.8 Å². The highest BCUT2D eigenvalue weighted by Gasteiger charge is 2.31. The van der Waals surface area contributed by atoms with Crippen LogP contribution >= 0.6 is 35.6 Å². The molecule has 150 valence electrons. The molecule has 0 spiro atoms. The molecule has 0 saturated carbocycles. The van der Waals surface area contributed by atoms with Crippen LogP contribution in [0, 0.1) is 0 Å². The molecule has 1 aromatic rings. The highest BCUT2D eigenvalue weighted by molar-refractivity contribution is 14.0. The van der Waals surface area contributed by atoms with E-state index in [0.29, 0.717) is 12.3 Å². The first-order chi connectivity index (χ1) is 11.5. The molecule has 1 heterocycles. The molecule has 0 saturated heterocycles. The van der Waals surface area contributed by atoms with E-state index in [1.807, 2.05) is 0 Å². The molecule has 0 aromatic carbocycles. The van der Waals surface area contributed by atoms with Crippen molar-refractivity contribution in [2.75, 3.05) is 26.7 Å². The molecular weight excluding hydrogens is 505 g/mol. The first-order valence-corrected chi connectivity index (χ1v) is 7.27. The first-order valence-electron chi connectivity index (χ1n) is 6.89. The average molecular weight is 521 g/mol. The smallest absolute Gasteiger partial charge is 0.417 e. The van der Waals surface area contributed by atoms with Gasteiger partial charge >= 0.3 is 12.4 Å². The van der Waals surface area contributed by atoms with Gasteiger partial charge < -0.3 is 15.4 Å². The highest BCUT2D eigenvalue weighted by Crippen LogP contribution is 2.32. The quantitative estimate of drug-likeness (QED) is 0.197. The number of hydrogen-bond donors (Lipinski definition) is 2. The lowest BCUT2D eigenvalue weighted by molar-refractivity contribution is -0.138. The van der Waals surface area contributed by atoms with Crippen molar-refractivity contribution in [2.24, 2.45) is 4.99 Å². The van der Waals surface area contributed by atoms with Crippen LogP contribution in [-0.4, -0.2) is 43.9 Å². The van der Waals surface area contributed by atoms with E-state index in [4.69, 9.17) is 16.3 Å². The van der Waals surface area contributed by atoms with Crippen LogP contribution in [-0.2, 0) is 6.18 Å². The molecule has 5 nitrogen and oxygen atoms in total. The molecule has 13 heteroatoms. The normalized spacial score (nSPS) is 12.4. The zero-order valence-electron chi connectivity index (χ0n) is 13.3.